The fourth-order valence-corrected chi connectivity index (χ4v) is 1.93. The molecule has 0 heterocycles. The molecule has 1 rings (SSSR count). The Kier molecular flexibility index (Phi) is 5.01. The van der Waals surface area contributed by atoms with E-state index in [-0.39, 0.29) is 0 Å². The Morgan fingerprint density at radius 3 is 2.67 bits per heavy atom. The molecule has 1 aromatic carbocycles. The molecule has 0 atom stereocenters. The molecule has 0 aliphatic carbocycles. The standard InChI is InChI=1S/C10H15BO3S/c1-3-15-7-8-6-9(11(12)13)4-5-10(8)14-2/h4-6,12-13H,3,7H2,1-2H3. The second-order valence-electron chi connectivity index (χ2n) is 3.08. The van der Waals surface area contributed by atoms with Gasteiger partial charge in [0.2, 0.25) is 0 Å². The van der Waals surface area contributed by atoms with Crippen molar-refractivity contribution in [2.75, 3.05) is 12.9 Å². The van der Waals surface area contributed by atoms with Gasteiger partial charge in [-0.25, -0.2) is 0 Å². The number of hydrogen-bond acceptors (Lipinski definition) is 4. The molecule has 0 fully saturated rings. The van der Waals surface area contributed by atoms with Crippen molar-refractivity contribution in [1.29, 1.82) is 0 Å². The van der Waals surface area contributed by atoms with E-state index < -0.39 is 7.12 Å². The summed E-state index contributed by atoms with van der Waals surface area (Å²) in [5.74, 6) is 2.63. The fraction of sp³-hybridized carbons (Fsp3) is 0.400. The second-order valence-corrected chi connectivity index (χ2v) is 4.36. The van der Waals surface area contributed by atoms with Crippen LogP contribution in [-0.2, 0) is 5.75 Å². The summed E-state index contributed by atoms with van der Waals surface area (Å²) in [5, 5.41) is 18.1. The van der Waals surface area contributed by atoms with Gasteiger partial charge in [0.15, 0.2) is 0 Å². The van der Waals surface area contributed by atoms with E-state index in [4.69, 9.17) is 14.8 Å². The van der Waals surface area contributed by atoms with Crippen molar-refractivity contribution in [2.45, 2.75) is 12.7 Å². The lowest BCUT2D eigenvalue weighted by Crippen LogP contribution is -2.30. The van der Waals surface area contributed by atoms with Gasteiger partial charge in [-0.15, -0.1) is 0 Å². The molecule has 0 spiro atoms. The van der Waals surface area contributed by atoms with Crippen LogP contribution in [0.4, 0.5) is 0 Å². The van der Waals surface area contributed by atoms with Crippen LogP contribution in [0.5, 0.6) is 5.75 Å². The molecule has 5 heteroatoms. The molecular formula is C10H15BO3S. The summed E-state index contributed by atoms with van der Waals surface area (Å²) >= 11 is 1.77. The molecule has 0 saturated heterocycles. The minimum atomic E-state index is -1.42. The van der Waals surface area contributed by atoms with E-state index in [1.165, 1.54) is 0 Å². The van der Waals surface area contributed by atoms with Crippen LogP contribution in [0, 0.1) is 0 Å². The Labute approximate surface area is 94.6 Å². The van der Waals surface area contributed by atoms with Gasteiger partial charge in [-0.05, 0) is 17.3 Å². The molecule has 15 heavy (non-hydrogen) atoms. The van der Waals surface area contributed by atoms with E-state index in [2.05, 4.69) is 6.92 Å². The zero-order valence-electron chi connectivity index (χ0n) is 8.93. The first-order valence-electron chi connectivity index (χ1n) is 4.79. The number of ether oxygens (including phenoxy) is 1. The number of thioether (sulfide) groups is 1. The Morgan fingerprint density at radius 2 is 2.13 bits per heavy atom. The average Bonchev–Trinajstić information content (AvgIpc) is 2.25. The van der Waals surface area contributed by atoms with Gasteiger partial charge in [0.1, 0.15) is 5.75 Å². The van der Waals surface area contributed by atoms with Gasteiger partial charge in [-0.3, -0.25) is 0 Å². The predicted molar refractivity (Wildman–Crippen MR) is 64.7 cm³/mol. The van der Waals surface area contributed by atoms with Crippen molar-refractivity contribution >= 4 is 24.3 Å². The Hall–Kier alpha value is -0.645. The van der Waals surface area contributed by atoms with Gasteiger partial charge in [0.25, 0.3) is 0 Å². The predicted octanol–water partition coefficient (Wildman–Crippen LogP) is 0.628. The molecule has 0 bridgehead atoms. The van der Waals surface area contributed by atoms with Crippen molar-refractivity contribution in [3.05, 3.63) is 23.8 Å². The SMILES string of the molecule is CCSCc1cc(B(O)O)ccc1OC. The first kappa shape index (κ1) is 12.4. The van der Waals surface area contributed by atoms with E-state index in [1.54, 1.807) is 37.1 Å². The van der Waals surface area contributed by atoms with Gasteiger partial charge in [0, 0.05) is 11.3 Å². The third-order valence-electron chi connectivity index (χ3n) is 2.06. The van der Waals surface area contributed by atoms with Crippen LogP contribution in [-0.4, -0.2) is 30.0 Å². The molecule has 3 nitrogen and oxygen atoms in total. The van der Waals surface area contributed by atoms with E-state index in [9.17, 15) is 0 Å². The summed E-state index contributed by atoms with van der Waals surface area (Å²) in [6.07, 6.45) is 0. The van der Waals surface area contributed by atoms with E-state index in [0.29, 0.717) is 5.46 Å². The van der Waals surface area contributed by atoms with Crippen LogP contribution in [0.15, 0.2) is 18.2 Å². The molecule has 2 N–H and O–H groups in total. The maximum atomic E-state index is 9.05. The Morgan fingerprint density at radius 1 is 1.40 bits per heavy atom. The molecule has 1 aromatic rings. The largest absolute Gasteiger partial charge is 0.496 e. The molecule has 0 aromatic heterocycles. The van der Waals surface area contributed by atoms with E-state index >= 15 is 0 Å². The van der Waals surface area contributed by atoms with Crippen LogP contribution >= 0.6 is 11.8 Å². The summed E-state index contributed by atoms with van der Waals surface area (Å²) < 4.78 is 5.20. The van der Waals surface area contributed by atoms with Crippen LogP contribution in [0.2, 0.25) is 0 Å². The number of methoxy groups -OCH3 is 1. The third kappa shape index (κ3) is 3.45. The fourth-order valence-electron chi connectivity index (χ4n) is 1.28. The molecule has 0 unspecified atom stereocenters. The smallest absolute Gasteiger partial charge is 0.488 e. The maximum Gasteiger partial charge on any atom is 0.488 e. The lowest BCUT2D eigenvalue weighted by atomic mass is 9.79. The van der Waals surface area contributed by atoms with Crippen molar-refractivity contribution in [3.63, 3.8) is 0 Å². The average molecular weight is 226 g/mol. The summed E-state index contributed by atoms with van der Waals surface area (Å²) in [7, 11) is 0.200. The van der Waals surface area contributed by atoms with Gasteiger partial charge < -0.3 is 14.8 Å². The molecule has 0 saturated carbocycles. The first-order chi connectivity index (χ1) is 7.19. The lowest BCUT2D eigenvalue weighted by molar-refractivity contribution is 0.410. The van der Waals surface area contributed by atoms with Crippen molar-refractivity contribution in [2.24, 2.45) is 0 Å². The van der Waals surface area contributed by atoms with Crippen LogP contribution < -0.4 is 10.2 Å². The molecule has 0 aliphatic rings. The topological polar surface area (TPSA) is 49.7 Å². The first-order valence-corrected chi connectivity index (χ1v) is 5.95. The zero-order valence-corrected chi connectivity index (χ0v) is 9.75. The van der Waals surface area contributed by atoms with Gasteiger partial charge in [-0.2, -0.15) is 11.8 Å². The van der Waals surface area contributed by atoms with Gasteiger partial charge in [-0.1, -0.05) is 19.1 Å². The second kappa shape index (κ2) is 6.05. The monoisotopic (exact) mass is 226 g/mol. The third-order valence-corrected chi connectivity index (χ3v) is 2.99. The minimum Gasteiger partial charge on any atom is -0.496 e. The van der Waals surface area contributed by atoms with Gasteiger partial charge >= 0.3 is 7.12 Å². The minimum absolute atomic E-state index is 0.502. The van der Waals surface area contributed by atoms with Crippen molar-refractivity contribution in [1.82, 2.24) is 0 Å². The van der Waals surface area contributed by atoms with E-state index in [0.717, 1.165) is 22.8 Å². The highest BCUT2D eigenvalue weighted by Crippen LogP contribution is 2.21. The number of benzene rings is 1. The quantitative estimate of drug-likeness (QED) is 0.723. The summed E-state index contributed by atoms with van der Waals surface area (Å²) in [6, 6.07) is 5.19. The van der Waals surface area contributed by atoms with E-state index in [1.807, 2.05) is 0 Å². The van der Waals surface area contributed by atoms with Crippen LogP contribution in [0.1, 0.15) is 12.5 Å². The molecule has 82 valence electrons. The van der Waals surface area contributed by atoms with Crippen molar-refractivity contribution in [3.8, 4) is 5.75 Å². The normalized spacial score (nSPS) is 10.1. The number of rotatable bonds is 5. The maximum absolute atomic E-state index is 9.05. The van der Waals surface area contributed by atoms with Crippen LogP contribution in [0.25, 0.3) is 0 Å². The number of hydrogen-bond donors (Lipinski definition) is 2. The highest BCUT2D eigenvalue weighted by Gasteiger charge is 2.13. The highest BCUT2D eigenvalue weighted by molar-refractivity contribution is 7.98. The highest BCUT2D eigenvalue weighted by atomic mass is 32.2. The zero-order chi connectivity index (χ0) is 11.3. The molecular weight excluding hydrogens is 211 g/mol. The summed E-state index contributed by atoms with van der Waals surface area (Å²) in [5.41, 5.74) is 1.50. The van der Waals surface area contributed by atoms with Gasteiger partial charge in [0.05, 0.1) is 7.11 Å². The molecule has 0 amide bonds. The molecule has 0 radical (unpaired) electrons. The molecule has 0 aliphatic heterocycles. The summed E-state index contributed by atoms with van der Waals surface area (Å²) in [6.45, 7) is 2.09. The van der Waals surface area contributed by atoms with Crippen LogP contribution in [0.3, 0.4) is 0 Å². The summed E-state index contributed by atoms with van der Waals surface area (Å²) in [4.78, 5) is 0. The Balaban J connectivity index is 2.91. The van der Waals surface area contributed by atoms with Crippen molar-refractivity contribution < 1.29 is 14.8 Å². The lowest BCUT2D eigenvalue weighted by Gasteiger charge is -2.09. The Bertz CT molecular complexity index is 318.